The van der Waals surface area contributed by atoms with Crippen molar-refractivity contribution in [2.75, 3.05) is 4.90 Å². The minimum Gasteiger partial charge on any atom is -0.313 e. The fraction of sp³-hybridized carbons (Fsp3) is 0.0492. The summed E-state index contributed by atoms with van der Waals surface area (Å²) in [5, 5.41) is 1.31. The lowest BCUT2D eigenvalue weighted by atomic mass is 9.67. The van der Waals surface area contributed by atoms with Crippen molar-refractivity contribution in [2.45, 2.75) is 18.3 Å². The highest BCUT2D eigenvalue weighted by Crippen LogP contribution is 2.57. The quantitative estimate of drug-likeness (QED) is 0.149. The Morgan fingerprint density at radius 2 is 0.921 bits per heavy atom. The van der Waals surface area contributed by atoms with Crippen LogP contribution in [0.4, 0.5) is 17.1 Å². The molecule has 0 fully saturated rings. The highest BCUT2D eigenvalue weighted by Gasteiger charge is 2.46. The first kappa shape index (κ1) is 36.9. The average molecular weight is 805 g/mol. The minimum absolute atomic E-state index is 0.472. The number of fused-ring (bicyclic) bond motifs is 6. The Balaban J connectivity index is 0.905. The summed E-state index contributed by atoms with van der Waals surface area (Å²) in [6, 6.07) is 86.8. The number of aromatic nitrogens is 1. The van der Waals surface area contributed by atoms with Crippen LogP contribution in [0.15, 0.2) is 237 Å². The molecule has 12 rings (SSSR count). The van der Waals surface area contributed by atoms with E-state index < -0.39 is 5.41 Å². The van der Waals surface area contributed by atoms with Gasteiger partial charge in [0.05, 0.1) is 10.9 Å². The predicted molar refractivity (Wildman–Crippen MR) is 263 cm³/mol. The topological polar surface area (TPSA) is 8.17 Å². The maximum Gasteiger partial charge on any atom is 0.0714 e. The first-order chi connectivity index (χ1) is 31.3. The third-order valence-corrected chi connectivity index (χ3v) is 13.4. The molecule has 0 bridgehead atoms. The van der Waals surface area contributed by atoms with Crippen molar-refractivity contribution in [3.63, 3.8) is 0 Å². The second-order valence-corrected chi connectivity index (χ2v) is 16.8. The summed E-state index contributed by atoms with van der Waals surface area (Å²) in [5.41, 5.74) is 20.9. The van der Waals surface area contributed by atoms with Crippen molar-refractivity contribution in [3.8, 4) is 27.9 Å². The molecule has 0 radical (unpaired) electrons. The third kappa shape index (κ3) is 6.02. The Morgan fingerprint density at radius 1 is 0.397 bits per heavy atom. The van der Waals surface area contributed by atoms with E-state index in [1.54, 1.807) is 0 Å². The number of rotatable bonds is 8. The summed E-state index contributed by atoms with van der Waals surface area (Å²) in [6.07, 6.45) is 4.44. The van der Waals surface area contributed by atoms with E-state index in [9.17, 15) is 0 Å². The smallest absolute Gasteiger partial charge is 0.0714 e. The third-order valence-electron chi connectivity index (χ3n) is 13.4. The second kappa shape index (κ2) is 15.2. The zero-order valence-corrected chi connectivity index (χ0v) is 34.9. The van der Waals surface area contributed by atoms with Crippen LogP contribution in [0.1, 0.15) is 45.5 Å². The van der Waals surface area contributed by atoms with Gasteiger partial charge >= 0.3 is 0 Å². The molecule has 0 aliphatic heterocycles. The molecule has 0 amide bonds. The van der Waals surface area contributed by atoms with Gasteiger partial charge in [0, 0.05) is 39.4 Å². The monoisotopic (exact) mass is 804 g/mol. The SMILES string of the molecule is C1=C(c2ccc(-c3ccc(N(c4ccccc4)c4ccc5c(c4)C(c4ccccc4)(c4ccccc4)c4ccccc4-5)cc3)cc2)CCc2c1c1ccccc1n2-c1ccccc1. The normalized spacial score (nSPS) is 13.5. The second-order valence-electron chi connectivity index (χ2n) is 16.8. The molecule has 0 unspecified atom stereocenters. The fourth-order valence-electron chi connectivity index (χ4n) is 10.6. The average Bonchev–Trinajstić information content (AvgIpc) is 3.86. The largest absolute Gasteiger partial charge is 0.313 e. The number of hydrogen-bond donors (Lipinski definition) is 0. The zero-order valence-electron chi connectivity index (χ0n) is 34.9. The molecule has 1 aromatic heterocycles. The number of para-hydroxylation sites is 3. The molecule has 9 aromatic carbocycles. The van der Waals surface area contributed by atoms with E-state index in [-0.39, 0.29) is 0 Å². The summed E-state index contributed by atoms with van der Waals surface area (Å²) < 4.78 is 2.45. The van der Waals surface area contributed by atoms with Crippen LogP contribution in [0.5, 0.6) is 0 Å². The van der Waals surface area contributed by atoms with E-state index in [4.69, 9.17) is 0 Å². The van der Waals surface area contributed by atoms with Crippen molar-refractivity contribution >= 4 is 39.6 Å². The first-order valence-corrected chi connectivity index (χ1v) is 22.1. The summed E-state index contributed by atoms with van der Waals surface area (Å²) >= 11 is 0. The van der Waals surface area contributed by atoms with Gasteiger partial charge in [0.15, 0.2) is 0 Å². The lowest BCUT2D eigenvalue weighted by Crippen LogP contribution is -2.28. The molecule has 2 heteroatoms. The Bertz CT molecular complexity index is 3250. The molecule has 2 aliphatic rings. The zero-order chi connectivity index (χ0) is 41.7. The van der Waals surface area contributed by atoms with Crippen LogP contribution in [0.2, 0.25) is 0 Å². The molecule has 10 aromatic rings. The van der Waals surface area contributed by atoms with Gasteiger partial charge in [-0.15, -0.1) is 0 Å². The van der Waals surface area contributed by atoms with Crippen molar-refractivity contribution < 1.29 is 0 Å². The molecule has 0 saturated heterocycles. The number of benzene rings is 9. The molecular formula is C61H44N2. The number of nitrogens with zero attached hydrogens (tertiary/aromatic N) is 2. The molecule has 0 atom stereocenters. The van der Waals surface area contributed by atoms with Crippen molar-refractivity contribution in [1.82, 2.24) is 4.57 Å². The van der Waals surface area contributed by atoms with Crippen LogP contribution in [0.3, 0.4) is 0 Å². The van der Waals surface area contributed by atoms with Gasteiger partial charge in [0.2, 0.25) is 0 Å². The molecule has 0 saturated carbocycles. The van der Waals surface area contributed by atoms with Crippen LogP contribution >= 0.6 is 0 Å². The van der Waals surface area contributed by atoms with Gasteiger partial charge in [-0.1, -0.05) is 182 Å². The summed E-state index contributed by atoms with van der Waals surface area (Å²) in [5.74, 6) is 0. The van der Waals surface area contributed by atoms with E-state index in [2.05, 4.69) is 252 Å². The first-order valence-electron chi connectivity index (χ1n) is 22.1. The van der Waals surface area contributed by atoms with E-state index in [1.165, 1.54) is 83.5 Å². The predicted octanol–water partition coefficient (Wildman–Crippen LogP) is 15.6. The summed E-state index contributed by atoms with van der Waals surface area (Å²) in [6.45, 7) is 0. The summed E-state index contributed by atoms with van der Waals surface area (Å²) in [4.78, 5) is 2.40. The Morgan fingerprint density at radius 3 is 1.62 bits per heavy atom. The number of anilines is 3. The van der Waals surface area contributed by atoms with Crippen molar-refractivity contribution in [2.24, 2.45) is 0 Å². The van der Waals surface area contributed by atoms with Crippen LogP contribution in [-0.2, 0) is 11.8 Å². The lowest BCUT2D eigenvalue weighted by molar-refractivity contribution is 0.768. The van der Waals surface area contributed by atoms with Crippen LogP contribution in [0, 0.1) is 0 Å². The van der Waals surface area contributed by atoms with Gasteiger partial charge in [-0.2, -0.15) is 0 Å². The molecule has 298 valence electrons. The van der Waals surface area contributed by atoms with E-state index >= 15 is 0 Å². The van der Waals surface area contributed by atoms with Crippen molar-refractivity contribution in [1.29, 1.82) is 0 Å². The van der Waals surface area contributed by atoms with Gasteiger partial charge in [-0.05, 0) is 129 Å². The molecule has 2 aliphatic carbocycles. The van der Waals surface area contributed by atoms with Crippen LogP contribution in [0.25, 0.3) is 50.5 Å². The molecule has 2 nitrogen and oxygen atoms in total. The fourth-order valence-corrected chi connectivity index (χ4v) is 10.6. The molecule has 63 heavy (non-hydrogen) atoms. The standard InChI is InChI=1S/C61H44N2/c1-5-17-47(18-6-1)61(48-19-7-2-8-20-48)57-27-15-13-25-53(57)54-39-38-52(42-58(54)61)62(49-21-9-3-10-22-49)51-36-33-44(34-37-51)43-29-31-45(32-30-43)46-35-40-60-56(41-46)55-26-14-16-28-59(55)63(60)50-23-11-4-12-24-50/h1-34,36-39,41-42H,35,40H2. The molecule has 0 spiro atoms. The molecular weight excluding hydrogens is 761 g/mol. The van der Waals surface area contributed by atoms with Gasteiger partial charge < -0.3 is 9.47 Å². The van der Waals surface area contributed by atoms with E-state index in [0.29, 0.717) is 0 Å². The van der Waals surface area contributed by atoms with E-state index in [0.717, 1.165) is 29.9 Å². The highest BCUT2D eigenvalue weighted by molar-refractivity contribution is 5.99. The maximum absolute atomic E-state index is 2.45. The van der Waals surface area contributed by atoms with Gasteiger partial charge in [0.25, 0.3) is 0 Å². The van der Waals surface area contributed by atoms with Gasteiger partial charge in [-0.3, -0.25) is 0 Å². The number of allylic oxidation sites excluding steroid dienone is 1. The Kier molecular flexibility index (Phi) is 8.90. The van der Waals surface area contributed by atoms with Crippen molar-refractivity contribution in [3.05, 3.63) is 276 Å². The van der Waals surface area contributed by atoms with Crippen LogP contribution < -0.4 is 4.90 Å². The summed E-state index contributed by atoms with van der Waals surface area (Å²) in [7, 11) is 0. The van der Waals surface area contributed by atoms with Gasteiger partial charge in [-0.25, -0.2) is 0 Å². The lowest BCUT2D eigenvalue weighted by Gasteiger charge is -2.35. The Labute approximate surface area is 369 Å². The molecule has 0 N–H and O–H groups in total. The van der Waals surface area contributed by atoms with Crippen LogP contribution in [-0.4, -0.2) is 4.57 Å². The minimum atomic E-state index is -0.472. The Hall–Kier alpha value is -7.94. The van der Waals surface area contributed by atoms with Gasteiger partial charge in [0.1, 0.15) is 0 Å². The molecule has 1 heterocycles. The maximum atomic E-state index is 2.45. The van der Waals surface area contributed by atoms with E-state index in [1.807, 2.05) is 0 Å². The number of hydrogen-bond acceptors (Lipinski definition) is 1. The highest BCUT2D eigenvalue weighted by atomic mass is 15.1.